The molecule has 5 heteroatoms. The highest BCUT2D eigenvalue weighted by molar-refractivity contribution is 5.80. The van der Waals surface area contributed by atoms with Crippen LogP contribution in [0.2, 0.25) is 0 Å². The van der Waals surface area contributed by atoms with E-state index in [1.54, 1.807) is 0 Å². The molecule has 1 saturated carbocycles. The molecule has 0 spiro atoms. The van der Waals surface area contributed by atoms with Crippen molar-refractivity contribution in [2.45, 2.75) is 70.1 Å². The van der Waals surface area contributed by atoms with Gasteiger partial charge in [-0.2, -0.15) is 0 Å². The smallest absolute Gasteiger partial charge is 0.191 e. The van der Waals surface area contributed by atoms with Crippen molar-refractivity contribution < 1.29 is 9.84 Å². The van der Waals surface area contributed by atoms with E-state index in [1.165, 1.54) is 12.8 Å². The summed E-state index contributed by atoms with van der Waals surface area (Å²) in [5, 5.41) is 16.3. The Labute approximate surface area is 122 Å². The van der Waals surface area contributed by atoms with E-state index in [9.17, 15) is 5.11 Å². The second kappa shape index (κ2) is 8.47. The minimum Gasteiger partial charge on any atom is -0.393 e. The van der Waals surface area contributed by atoms with Crippen LogP contribution >= 0.6 is 0 Å². The summed E-state index contributed by atoms with van der Waals surface area (Å²) < 4.78 is 5.62. The number of guanidine groups is 1. The molecule has 2 rings (SSSR count). The molecule has 3 N–H and O–H groups in total. The van der Waals surface area contributed by atoms with E-state index in [0.717, 1.165) is 57.8 Å². The van der Waals surface area contributed by atoms with Crippen LogP contribution in [-0.4, -0.2) is 49.0 Å². The van der Waals surface area contributed by atoms with Crippen molar-refractivity contribution in [2.24, 2.45) is 4.99 Å². The number of hydrogen-bond donors (Lipinski definition) is 3. The van der Waals surface area contributed by atoms with Crippen molar-refractivity contribution in [1.29, 1.82) is 0 Å². The standard InChI is InChI=1S/C15H29N3O2/c1-2-16-15(17-10-9-14-4-3-11-20-14)18-12-5-7-13(19)8-6-12/h12-14,19H,2-11H2,1H3,(H2,16,17,18). The Balaban J connectivity index is 1.73. The van der Waals surface area contributed by atoms with Crippen LogP contribution in [0.15, 0.2) is 4.99 Å². The van der Waals surface area contributed by atoms with Crippen LogP contribution in [-0.2, 0) is 4.74 Å². The molecule has 1 saturated heterocycles. The summed E-state index contributed by atoms with van der Waals surface area (Å²) in [6.45, 7) is 4.69. The maximum absolute atomic E-state index is 9.54. The normalized spacial score (nSPS) is 31.3. The molecule has 2 aliphatic rings. The molecular formula is C15H29N3O2. The summed E-state index contributed by atoms with van der Waals surface area (Å²) in [4.78, 5) is 4.64. The molecule has 20 heavy (non-hydrogen) atoms. The molecule has 0 aromatic rings. The first-order valence-electron chi connectivity index (χ1n) is 8.12. The van der Waals surface area contributed by atoms with Crippen LogP contribution in [0.5, 0.6) is 0 Å². The van der Waals surface area contributed by atoms with Crippen molar-refractivity contribution in [2.75, 3.05) is 19.7 Å². The number of aliphatic imine (C=N–C) groups is 1. The molecule has 0 amide bonds. The summed E-state index contributed by atoms with van der Waals surface area (Å²) >= 11 is 0. The predicted molar refractivity (Wildman–Crippen MR) is 81.0 cm³/mol. The van der Waals surface area contributed by atoms with Gasteiger partial charge in [-0.05, 0) is 51.9 Å². The van der Waals surface area contributed by atoms with Crippen LogP contribution in [0.3, 0.4) is 0 Å². The van der Waals surface area contributed by atoms with E-state index in [0.29, 0.717) is 12.1 Å². The fourth-order valence-electron chi connectivity index (χ4n) is 2.93. The molecule has 0 radical (unpaired) electrons. The summed E-state index contributed by atoms with van der Waals surface area (Å²) in [6.07, 6.45) is 7.53. The fraction of sp³-hybridized carbons (Fsp3) is 0.933. The topological polar surface area (TPSA) is 65.9 Å². The van der Waals surface area contributed by atoms with Gasteiger partial charge in [0.1, 0.15) is 0 Å². The third-order valence-corrected chi connectivity index (χ3v) is 4.13. The van der Waals surface area contributed by atoms with Crippen molar-refractivity contribution in [3.63, 3.8) is 0 Å². The molecule has 1 unspecified atom stereocenters. The number of nitrogens with zero attached hydrogens (tertiary/aromatic N) is 1. The van der Waals surface area contributed by atoms with Gasteiger partial charge >= 0.3 is 0 Å². The first-order valence-corrected chi connectivity index (χ1v) is 8.12. The summed E-state index contributed by atoms with van der Waals surface area (Å²) in [7, 11) is 0. The van der Waals surface area contributed by atoms with Crippen LogP contribution < -0.4 is 10.6 Å². The van der Waals surface area contributed by atoms with E-state index in [1.807, 2.05) is 0 Å². The zero-order valence-corrected chi connectivity index (χ0v) is 12.6. The summed E-state index contributed by atoms with van der Waals surface area (Å²) in [5.41, 5.74) is 0. The van der Waals surface area contributed by atoms with Gasteiger partial charge < -0.3 is 20.5 Å². The van der Waals surface area contributed by atoms with Crippen LogP contribution in [0.25, 0.3) is 0 Å². The van der Waals surface area contributed by atoms with E-state index < -0.39 is 0 Å². The van der Waals surface area contributed by atoms with Gasteiger partial charge in [0.2, 0.25) is 0 Å². The average molecular weight is 283 g/mol. The number of hydrogen-bond acceptors (Lipinski definition) is 3. The first-order chi connectivity index (χ1) is 9.78. The van der Waals surface area contributed by atoms with Gasteiger partial charge in [0.25, 0.3) is 0 Å². The number of aliphatic hydroxyl groups excluding tert-OH is 1. The molecular weight excluding hydrogens is 254 g/mol. The third-order valence-electron chi connectivity index (χ3n) is 4.13. The molecule has 116 valence electrons. The van der Waals surface area contributed by atoms with Crippen molar-refractivity contribution in [1.82, 2.24) is 10.6 Å². The Morgan fingerprint density at radius 2 is 2.05 bits per heavy atom. The van der Waals surface area contributed by atoms with Crippen LogP contribution in [0.1, 0.15) is 51.9 Å². The lowest BCUT2D eigenvalue weighted by Gasteiger charge is -2.27. The summed E-state index contributed by atoms with van der Waals surface area (Å²) in [6, 6.07) is 0.443. The molecule has 1 heterocycles. The van der Waals surface area contributed by atoms with Gasteiger partial charge in [-0.15, -0.1) is 0 Å². The van der Waals surface area contributed by atoms with E-state index in [-0.39, 0.29) is 6.10 Å². The van der Waals surface area contributed by atoms with E-state index in [4.69, 9.17) is 4.74 Å². The molecule has 1 aliphatic carbocycles. The number of rotatable bonds is 5. The van der Waals surface area contributed by atoms with Gasteiger partial charge in [-0.25, -0.2) is 0 Å². The highest BCUT2D eigenvalue weighted by atomic mass is 16.5. The molecule has 2 fully saturated rings. The second-order valence-electron chi connectivity index (χ2n) is 5.83. The maximum Gasteiger partial charge on any atom is 0.191 e. The molecule has 0 aromatic heterocycles. The number of ether oxygens (including phenoxy) is 1. The zero-order chi connectivity index (χ0) is 14.2. The highest BCUT2D eigenvalue weighted by Crippen LogP contribution is 2.18. The molecule has 1 atom stereocenters. The molecule has 1 aliphatic heterocycles. The number of nitrogens with one attached hydrogen (secondary N) is 2. The Morgan fingerprint density at radius 3 is 2.70 bits per heavy atom. The Bertz CT molecular complexity index is 295. The molecule has 0 aromatic carbocycles. The molecule has 5 nitrogen and oxygen atoms in total. The lowest BCUT2D eigenvalue weighted by molar-refractivity contribution is 0.106. The minimum absolute atomic E-state index is 0.105. The monoisotopic (exact) mass is 283 g/mol. The highest BCUT2D eigenvalue weighted by Gasteiger charge is 2.20. The van der Waals surface area contributed by atoms with Crippen molar-refractivity contribution in [3.8, 4) is 0 Å². The average Bonchev–Trinajstić information content (AvgIpc) is 2.95. The third kappa shape index (κ3) is 5.29. The Hall–Kier alpha value is -0.810. The van der Waals surface area contributed by atoms with Crippen LogP contribution in [0.4, 0.5) is 0 Å². The maximum atomic E-state index is 9.54. The van der Waals surface area contributed by atoms with Gasteiger partial charge in [0.15, 0.2) is 5.96 Å². The number of aliphatic hydroxyl groups is 1. The van der Waals surface area contributed by atoms with Crippen molar-refractivity contribution in [3.05, 3.63) is 0 Å². The quantitative estimate of drug-likeness (QED) is 0.527. The second-order valence-corrected chi connectivity index (χ2v) is 5.83. The van der Waals surface area contributed by atoms with Crippen molar-refractivity contribution >= 4 is 5.96 Å². The van der Waals surface area contributed by atoms with Gasteiger partial charge in [0.05, 0.1) is 12.2 Å². The summed E-state index contributed by atoms with van der Waals surface area (Å²) in [5.74, 6) is 0.909. The van der Waals surface area contributed by atoms with Gasteiger partial charge in [-0.3, -0.25) is 4.99 Å². The lowest BCUT2D eigenvalue weighted by Crippen LogP contribution is -2.45. The zero-order valence-electron chi connectivity index (χ0n) is 12.6. The SMILES string of the molecule is CCNC(=NCCC1CCCO1)NC1CCC(O)CC1. The van der Waals surface area contributed by atoms with Gasteiger partial charge in [0, 0.05) is 25.7 Å². The molecule has 0 bridgehead atoms. The Kier molecular flexibility index (Phi) is 6.60. The first kappa shape index (κ1) is 15.6. The fourth-order valence-corrected chi connectivity index (χ4v) is 2.93. The Morgan fingerprint density at radius 1 is 1.25 bits per heavy atom. The van der Waals surface area contributed by atoms with Crippen LogP contribution in [0, 0.1) is 0 Å². The minimum atomic E-state index is -0.105. The van der Waals surface area contributed by atoms with Gasteiger partial charge in [-0.1, -0.05) is 0 Å². The lowest BCUT2D eigenvalue weighted by atomic mass is 9.93. The van der Waals surface area contributed by atoms with E-state index >= 15 is 0 Å². The predicted octanol–water partition coefficient (Wildman–Crippen LogP) is 1.41. The largest absolute Gasteiger partial charge is 0.393 e. The van der Waals surface area contributed by atoms with E-state index in [2.05, 4.69) is 22.5 Å².